The monoisotopic (exact) mass is 305 g/mol. The van der Waals surface area contributed by atoms with E-state index in [0.717, 1.165) is 44.1 Å². The van der Waals surface area contributed by atoms with E-state index < -0.39 is 5.41 Å². The van der Waals surface area contributed by atoms with Gasteiger partial charge in [0.1, 0.15) is 5.82 Å². The molecule has 3 rings (SSSR count). The van der Waals surface area contributed by atoms with Crippen LogP contribution in [0.4, 0.5) is 4.39 Å². The molecule has 3 nitrogen and oxygen atoms in total. The number of nitrogens with zero attached hydrogens (tertiary/aromatic N) is 1. The Kier molecular flexibility index (Phi) is 4.22. The van der Waals surface area contributed by atoms with E-state index in [1.807, 2.05) is 13.1 Å². The smallest absolute Gasteiger partial charge is 0.232 e. The molecule has 2 fully saturated rings. The number of carbonyl (C=O) groups excluding carboxylic acids is 1. The number of aliphatic hydroxyl groups excluding tert-OH is 1. The summed E-state index contributed by atoms with van der Waals surface area (Å²) in [6.45, 7) is 0.594. The molecular formula is C18H24FNO2. The van der Waals surface area contributed by atoms with Crippen molar-refractivity contribution in [1.82, 2.24) is 4.90 Å². The molecule has 1 amide bonds. The van der Waals surface area contributed by atoms with Gasteiger partial charge < -0.3 is 10.0 Å². The van der Waals surface area contributed by atoms with E-state index >= 15 is 0 Å². The summed E-state index contributed by atoms with van der Waals surface area (Å²) in [4.78, 5) is 14.7. The third kappa shape index (κ3) is 2.65. The molecule has 4 heteroatoms. The minimum absolute atomic E-state index is 0.0726. The van der Waals surface area contributed by atoms with Crippen molar-refractivity contribution in [3.63, 3.8) is 0 Å². The Hall–Kier alpha value is -1.42. The molecule has 120 valence electrons. The van der Waals surface area contributed by atoms with Crippen molar-refractivity contribution in [2.24, 2.45) is 5.92 Å². The number of rotatable bonds is 4. The molecular weight excluding hydrogens is 281 g/mol. The van der Waals surface area contributed by atoms with Crippen LogP contribution in [0.3, 0.4) is 0 Å². The molecule has 1 aromatic carbocycles. The summed E-state index contributed by atoms with van der Waals surface area (Å²) in [5.41, 5.74) is 0.239. The van der Waals surface area contributed by atoms with Crippen LogP contribution in [0.5, 0.6) is 0 Å². The van der Waals surface area contributed by atoms with Gasteiger partial charge in [-0.25, -0.2) is 4.39 Å². The Morgan fingerprint density at radius 1 is 1.36 bits per heavy atom. The van der Waals surface area contributed by atoms with E-state index in [9.17, 15) is 14.3 Å². The van der Waals surface area contributed by atoms with Crippen LogP contribution >= 0.6 is 0 Å². The molecule has 2 atom stereocenters. The van der Waals surface area contributed by atoms with Crippen molar-refractivity contribution in [2.45, 2.75) is 50.0 Å². The highest BCUT2D eigenvalue weighted by Crippen LogP contribution is 2.45. The van der Waals surface area contributed by atoms with Gasteiger partial charge in [-0.2, -0.15) is 0 Å². The molecule has 1 N–H and O–H groups in total. The number of halogens is 1. The lowest BCUT2D eigenvalue weighted by Crippen LogP contribution is -2.51. The zero-order chi connectivity index (χ0) is 15.7. The number of benzene rings is 1. The van der Waals surface area contributed by atoms with Gasteiger partial charge in [-0.15, -0.1) is 0 Å². The number of carbonyl (C=O) groups is 1. The van der Waals surface area contributed by atoms with Crippen LogP contribution in [0.15, 0.2) is 24.3 Å². The van der Waals surface area contributed by atoms with Gasteiger partial charge in [0.25, 0.3) is 0 Å². The second kappa shape index (κ2) is 5.99. The van der Waals surface area contributed by atoms with Gasteiger partial charge in [0, 0.05) is 19.5 Å². The first-order valence-corrected chi connectivity index (χ1v) is 8.22. The van der Waals surface area contributed by atoms with Crippen LogP contribution in [0.25, 0.3) is 0 Å². The Labute approximate surface area is 131 Å². The summed E-state index contributed by atoms with van der Waals surface area (Å²) in [7, 11) is 1.81. The molecule has 1 aromatic rings. The van der Waals surface area contributed by atoms with Crippen LogP contribution in [0.1, 0.15) is 44.1 Å². The van der Waals surface area contributed by atoms with Gasteiger partial charge in [0.15, 0.2) is 0 Å². The summed E-state index contributed by atoms with van der Waals surface area (Å²) in [5.74, 6) is -0.0347. The van der Waals surface area contributed by atoms with Gasteiger partial charge in [-0.05, 0) is 43.4 Å². The molecule has 0 saturated heterocycles. The Morgan fingerprint density at radius 3 is 2.68 bits per heavy atom. The predicted octanol–water partition coefficient (Wildman–Crippen LogP) is 2.87. The molecule has 0 aromatic heterocycles. The SMILES string of the molecule is CN(CC1CCCC1O)C(=O)C1(c2cccc(F)c2)CCC1. The minimum atomic E-state index is -0.555. The average molecular weight is 305 g/mol. The van der Waals surface area contributed by atoms with Gasteiger partial charge in [-0.3, -0.25) is 4.79 Å². The zero-order valence-electron chi connectivity index (χ0n) is 13.1. The Morgan fingerprint density at radius 2 is 2.14 bits per heavy atom. The number of amides is 1. The Balaban J connectivity index is 1.76. The first-order valence-electron chi connectivity index (χ1n) is 8.22. The average Bonchev–Trinajstić information content (AvgIpc) is 2.83. The Bertz CT molecular complexity index is 556. The van der Waals surface area contributed by atoms with Gasteiger partial charge >= 0.3 is 0 Å². The summed E-state index contributed by atoms with van der Waals surface area (Å²) in [6, 6.07) is 6.45. The van der Waals surface area contributed by atoms with Crippen molar-refractivity contribution in [1.29, 1.82) is 0 Å². The highest BCUT2D eigenvalue weighted by molar-refractivity contribution is 5.89. The molecule has 0 heterocycles. The zero-order valence-corrected chi connectivity index (χ0v) is 13.1. The van der Waals surface area contributed by atoms with E-state index in [0.29, 0.717) is 6.54 Å². The number of hydrogen-bond donors (Lipinski definition) is 1. The topological polar surface area (TPSA) is 40.5 Å². The van der Waals surface area contributed by atoms with E-state index in [2.05, 4.69) is 0 Å². The first kappa shape index (κ1) is 15.5. The molecule has 2 unspecified atom stereocenters. The second-order valence-electron chi connectivity index (χ2n) is 6.89. The first-order chi connectivity index (χ1) is 10.5. The fourth-order valence-corrected chi connectivity index (χ4v) is 3.97. The highest BCUT2D eigenvalue weighted by atomic mass is 19.1. The number of likely N-dealkylation sites (N-methyl/N-ethyl adjacent to an activating group) is 1. The van der Waals surface area contributed by atoms with E-state index in [1.165, 1.54) is 12.1 Å². The molecule has 0 spiro atoms. The second-order valence-corrected chi connectivity index (χ2v) is 6.89. The van der Waals surface area contributed by atoms with Gasteiger partial charge in [-0.1, -0.05) is 25.0 Å². The van der Waals surface area contributed by atoms with Crippen molar-refractivity contribution in [3.8, 4) is 0 Å². The van der Waals surface area contributed by atoms with Gasteiger partial charge in [0.05, 0.1) is 11.5 Å². The molecule has 2 aliphatic carbocycles. The van der Waals surface area contributed by atoms with Crippen molar-refractivity contribution < 1.29 is 14.3 Å². The third-order valence-electron chi connectivity index (χ3n) is 5.47. The fraction of sp³-hybridized carbons (Fsp3) is 0.611. The molecule has 0 bridgehead atoms. The standard InChI is InChI=1S/C18H24FNO2/c1-20(12-13-5-2-8-16(13)21)17(22)18(9-4-10-18)14-6-3-7-15(19)11-14/h3,6-7,11,13,16,21H,2,4-5,8-10,12H2,1H3. The van der Waals surface area contributed by atoms with E-state index in [4.69, 9.17) is 0 Å². The van der Waals surface area contributed by atoms with Crippen LogP contribution in [-0.2, 0) is 10.2 Å². The normalized spacial score (nSPS) is 26.5. The lowest BCUT2D eigenvalue weighted by atomic mass is 9.63. The summed E-state index contributed by atoms with van der Waals surface area (Å²) in [5, 5.41) is 9.96. The van der Waals surface area contributed by atoms with Crippen LogP contribution in [0.2, 0.25) is 0 Å². The quantitative estimate of drug-likeness (QED) is 0.929. The molecule has 22 heavy (non-hydrogen) atoms. The molecule has 2 aliphatic rings. The van der Waals surface area contributed by atoms with Crippen LogP contribution in [0, 0.1) is 11.7 Å². The van der Waals surface area contributed by atoms with E-state index in [1.54, 1.807) is 11.0 Å². The maximum absolute atomic E-state index is 13.5. The maximum Gasteiger partial charge on any atom is 0.232 e. The summed E-state index contributed by atoms with van der Waals surface area (Å²) >= 11 is 0. The van der Waals surface area contributed by atoms with E-state index in [-0.39, 0.29) is 23.7 Å². The maximum atomic E-state index is 13.5. The van der Waals surface area contributed by atoms with Crippen LogP contribution < -0.4 is 0 Å². The van der Waals surface area contributed by atoms with Crippen molar-refractivity contribution in [2.75, 3.05) is 13.6 Å². The highest BCUT2D eigenvalue weighted by Gasteiger charge is 2.47. The lowest BCUT2D eigenvalue weighted by Gasteiger charge is -2.43. The number of hydrogen-bond acceptors (Lipinski definition) is 2. The van der Waals surface area contributed by atoms with Crippen LogP contribution in [-0.4, -0.2) is 35.6 Å². The van der Waals surface area contributed by atoms with Gasteiger partial charge in [0.2, 0.25) is 5.91 Å². The molecule has 0 radical (unpaired) electrons. The number of aliphatic hydroxyl groups is 1. The third-order valence-corrected chi connectivity index (χ3v) is 5.47. The summed E-state index contributed by atoms with van der Waals surface area (Å²) < 4.78 is 13.5. The fourth-order valence-electron chi connectivity index (χ4n) is 3.97. The lowest BCUT2D eigenvalue weighted by molar-refractivity contribution is -0.140. The molecule has 0 aliphatic heterocycles. The van der Waals surface area contributed by atoms with Crippen molar-refractivity contribution in [3.05, 3.63) is 35.6 Å². The van der Waals surface area contributed by atoms with Crippen molar-refractivity contribution >= 4 is 5.91 Å². The largest absolute Gasteiger partial charge is 0.393 e. The molecule has 2 saturated carbocycles. The predicted molar refractivity (Wildman–Crippen MR) is 82.9 cm³/mol. The minimum Gasteiger partial charge on any atom is -0.393 e. The summed E-state index contributed by atoms with van der Waals surface area (Å²) in [6.07, 6.45) is 5.12.